The number of alkyl halides is 2. The number of hydrogen-bond donors (Lipinski definition) is 3. The maximum absolute atomic E-state index is 13.2. The number of nitrogens with one attached hydrogen (secondary N) is 2. The van der Waals surface area contributed by atoms with Crippen LogP contribution in [-0.2, 0) is 14.8 Å². The first kappa shape index (κ1) is 24.0. The number of pyridine rings is 1. The molecule has 3 N–H and O–H groups in total. The molecule has 2 bridgehead atoms. The monoisotopic (exact) mass is 527 g/mol. The molecule has 5 heterocycles. The molecule has 11 nitrogen and oxygen atoms in total. The number of sulfonamides is 1. The highest BCUT2D eigenvalue weighted by atomic mass is 32.2. The van der Waals surface area contributed by atoms with Gasteiger partial charge in [-0.3, -0.25) is 9.20 Å². The summed E-state index contributed by atoms with van der Waals surface area (Å²) in [6.07, 6.45) is 2.98. The lowest BCUT2D eigenvalue weighted by Gasteiger charge is -2.30. The summed E-state index contributed by atoms with van der Waals surface area (Å²) in [6.45, 7) is 3.23. The molecule has 1 saturated carbocycles. The average Bonchev–Trinajstić information content (AvgIpc) is 3.35. The molecule has 0 spiro atoms. The van der Waals surface area contributed by atoms with E-state index in [0.717, 1.165) is 49.4 Å². The van der Waals surface area contributed by atoms with E-state index in [-0.39, 0.29) is 22.4 Å². The maximum atomic E-state index is 13.2. The van der Waals surface area contributed by atoms with Gasteiger partial charge in [0.15, 0.2) is 15.8 Å². The minimum absolute atomic E-state index is 0.113. The van der Waals surface area contributed by atoms with Crippen molar-refractivity contribution in [2.24, 2.45) is 0 Å². The van der Waals surface area contributed by atoms with Crippen LogP contribution in [0.2, 0.25) is 0 Å². The van der Waals surface area contributed by atoms with Gasteiger partial charge in [-0.1, -0.05) is 11.3 Å². The standard InChI is InChI=1S/C19H21F2N7O2S2.CH2O2/c1-19(2-3-19)26-32(29,30)12-5-13(27-8-10-4-11(27)6-22-10)14-7-23-16(28(14)9-12)18-25-24-17(31-18)15(20)21;2-1-3/h5,7,9-11,15,22,26H,2-4,6,8H2,1H3;1H,(H,2,3). The topological polar surface area (TPSA) is 142 Å². The molecule has 15 heteroatoms. The molecule has 0 radical (unpaired) electrons. The third-order valence-electron chi connectivity index (χ3n) is 6.47. The van der Waals surface area contributed by atoms with Crippen LogP contribution in [0.5, 0.6) is 0 Å². The molecule has 2 atom stereocenters. The van der Waals surface area contributed by atoms with E-state index in [0.29, 0.717) is 17.4 Å². The molecule has 3 fully saturated rings. The molecule has 1 aliphatic carbocycles. The van der Waals surface area contributed by atoms with Crippen molar-refractivity contribution in [2.45, 2.75) is 55.1 Å². The quantitative estimate of drug-likeness (QED) is 0.410. The van der Waals surface area contributed by atoms with Crippen molar-refractivity contribution >= 4 is 39.0 Å². The van der Waals surface area contributed by atoms with Gasteiger partial charge in [-0.2, -0.15) is 0 Å². The zero-order valence-corrected chi connectivity index (χ0v) is 20.2. The lowest BCUT2D eigenvalue weighted by atomic mass is 10.2. The van der Waals surface area contributed by atoms with Gasteiger partial charge in [-0.05, 0) is 32.3 Å². The smallest absolute Gasteiger partial charge is 0.291 e. The van der Waals surface area contributed by atoms with E-state index in [1.807, 2.05) is 6.92 Å². The minimum atomic E-state index is -3.79. The van der Waals surface area contributed by atoms with Crippen molar-refractivity contribution in [3.8, 4) is 10.8 Å². The number of carboxylic acid groups (broad SMARTS) is 1. The number of piperazine rings is 1. The summed E-state index contributed by atoms with van der Waals surface area (Å²) in [5, 5.41) is 17.6. The molecule has 3 aromatic rings. The fraction of sp³-hybridized carbons (Fsp3) is 0.500. The third-order valence-corrected chi connectivity index (χ3v) is 9.00. The van der Waals surface area contributed by atoms with Crippen LogP contribution in [-0.4, -0.2) is 70.3 Å². The molecular formula is C20H23F2N7O4S2. The molecule has 6 rings (SSSR count). The van der Waals surface area contributed by atoms with Crippen molar-refractivity contribution in [3.05, 3.63) is 23.5 Å². The Morgan fingerprint density at radius 3 is 2.69 bits per heavy atom. The van der Waals surface area contributed by atoms with Gasteiger partial charge >= 0.3 is 0 Å². The van der Waals surface area contributed by atoms with Gasteiger partial charge in [-0.25, -0.2) is 26.9 Å². The zero-order valence-electron chi connectivity index (χ0n) is 18.6. The largest absolute Gasteiger partial charge is 0.483 e. The predicted molar refractivity (Wildman–Crippen MR) is 123 cm³/mol. The van der Waals surface area contributed by atoms with Gasteiger partial charge in [0.2, 0.25) is 10.0 Å². The number of fused-ring (bicyclic) bond motifs is 3. The van der Waals surface area contributed by atoms with Gasteiger partial charge in [0.25, 0.3) is 12.9 Å². The van der Waals surface area contributed by atoms with Gasteiger partial charge in [0.05, 0.1) is 17.4 Å². The summed E-state index contributed by atoms with van der Waals surface area (Å²) in [6, 6.07) is 2.32. The predicted octanol–water partition coefficient (Wildman–Crippen LogP) is 1.87. The number of anilines is 1. The molecule has 2 saturated heterocycles. The van der Waals surface area contributed by atoms with E-state index in [1.54, 1.807) is 16.7 Å². The van der Waals surface area contributed by atoms with Crippen LogP contribution in [0.3, 0.4) is 0 Å². The van der Waals surface area contributed by atoms with Crippen molar-refractivity contribution in [1.82, 2.24) is 29.6 Å². The van der Waals surface area contributed by atoms with Crippen LogP contribution in [0.1, 0.15) is 37.6 Å². The second-order valence-electron chi connectivity index (χ2n) is 9.06. The first-order chi connectivity index (χ1) is 16.6. The molecule has 3 aliphatic rings. The number of halogens is 2. The number of rotatable bonds is 6. The van der Waals surface area contributed by atoms with Crippen LogP contribution in [0.25, 0.3) is 16.3 Å². The van der Waals surface area contributed by atoms with Crippen molar-refractivity contribution in [3.63, 3.8) is 0 Å². The maximum Gasteiger partial charge on any atom is 0.291 e. The Labute approximate surface area is 203 Å². The first-order valence-electron chi connectivity index (χ1n) is 10.9. The molecule has 0 amide bonds. The second-order valence-corrected chi connectivity index (χ2v) is 11.8. The van der Waals surface area contributed by atoms with Crippen LogP contribution >= 0.6 is 11.3 Å². The lowest BCUT2D eigenvalue weighted by molar-refractivity contribution is -0.122. The number of aromatic nitrogens is 4. The molecule has 2 aliphatic heterocycles. The fourth-order valence-corrected chi connectivity index (χ4v) is 6.71. The summed E-state index contributed by atoms with van der Waals surface area (Å²) >= 11 is 0.753. The SMILES string of the molecule is CC1(NS(=O)(=O)c2cc(N3CC4CC3CN4)c3cnc(-c4nnc(C(F)F)s4)n3c2)CC1.O=CO. The number of carbonyl (C=O) groups is 1. The summed E-state index contributed by atoms with van der Waals surface area (Å²) in [7, 11) is -3.79. The second kappa shape index (κ2) is 8.72. The Morgan fingerprint density at radius 2 is 2.11 bits per heavy atom. The molecule has 35 heavy (non-hydrogen) atoms. The Hall–Kier alpha value is -2.75. The summed E-state index contributed by atoms with van der Waals surface area (Å²) in [5.74, 6) is 0.294. The molecule has 3 aromatic heterocycles. The van der Waals surface area contributed by atoms with Crippen molar-refractivity contribution < 1.29 is 27.1 Å². The van der Waals surface area contributed by atoms with Crippen LogP contribution in [0, 0.1) is 0 Å². The molecular weight excluding hydrogens is 504 g/mol. The van der Waals surface area contributed by atoms with Crippen LogP contribution in [0.4, 0.5) is 14.5 Å². The zero-order chi connectivity index (χ0) is 25.0. The van der Waals surface area contributed by atoms with Gasteiger partial charge in [0, 0.05) is 36.9 Å². The van der Waals surface area contributed by atoms with E-state index in [1.165, 1.54) is 6.20 Å². The minimum Gasteiger partial charge on any atom is -0.483 e. The normalized spacial score (nSPS) is 22.5. The molecule has 188 valence electrons. The van der Waals surface area contributed by atoms with Gasteiger partial charge < -0.3 is 15.3 Å². The number of imidazole rings is 1. The van der Waals surface area contributed by atoms with Crippen LogP contribution in [0.15, 0.2) is 23.4 Å². The number of nitrogens with zero attached hydrogens (tertiary/aromatic N) is 5. The Morgan fingerprint density at radius 1 is 1.37 bits per heavy atom. The van der Waals surface area contributed by atoms with Crippen molar-refractivity contribution in [1.29, 1.82) is 0 Å². The fourth-order valence-electron chi connectivity index (χ4n) is 4.53. The van der Waals surface area contributed by atoms with Crippen molar-refractivity contribution in [2.75, 3.05) is 18.0 Å². The highest BCUT2D eigenvalue weighted by Crippen LogP contribution is 2.39. The van der Waals surface area contributed by atoms with E-state index < -0.39 is 27.0 Å². The first-order valence-corrected chi connectivity index (χ1v) is 13.2. The van der Waals surface area contributed by atoms with E-state index >= 15 is 0 Å². The summed E-state index contributed by atoms with van der Waals surface area (Å²) in [4.78, 5) is 15.1. The van der Waals surface area contributed by atoms with Gasteiger partial charge in [-0.15, -0.1) is 10.2 Å². The van der Waals surface area contributed by atoms with E-state index in [4.69, 9.17) is 9.90 Å². The van der Waals surface area contributed by atoms with Crippen LogP contribution < -0.4 is 14.9 Å². The molecule has 2 unspecified atom stereocenters. The number of hydrogen-bond acceptors (Lipinski definition) is 9. The van der Waals surface area contributed by atoms with E-state index in [2.05, 4.69) is 30.1 Å². The Kier molecular flexibility index (Phi) is 5.97. The highest BCUT2D eigenvalue weighted by molar-refractivity contribution is 7.89. The Bertz CT molecular complexity index is 1370. The summed E-state index contributed by atoms with van der Waals surface area (Å²) in [5.41, 5.74) is 1.05. The third kappa shape index (κ3) is 4.48. The van der Waals surface area contributed by atoms with E-state index in [9.17, 15) is 17.2 Å². The van der Waals surface area contributed by atoms with Gasteiger partial charge in [0.1, 0.15) is 4.90 Å². The highest BCUT2D eigenvalue weighted by Gasteiger charge is 2.42. The average molecular weight is 528 g/mol. The summed E-state index contributed by atoms with van der Waals surface area (Å²) < 4.78 is 57.0. The molecule has 0 aromatic carbocycles. The lowest BCUT2D eigenvalue weighted by Crippen LogP contribution is -2.44. The Balaban J connectivity index is 0.000000806.